The summed E-state index contributed by atoms with van der Waals surface area (Å²) < 4.78 is 5.28. The fraction of sp³-hybridized carbons (Fsp3) is 0.333. The summed E-state index contributed by atoms with van der Waals surface area (Å²) in [4.78, 5) is 22.8. The van der Waals surface area contributed by atoms with Gasteiger partial charge in [0.2, 0.25) is 0 Å². The highest BCUT2D eigenvalue weighted by molar-refractivity contribution is 5.95. The maximum absolute atomic E-state index is 12.8. The average molecular weight is 309 g/mol. The van der Waals surface area contributed by atoms with Gasteiger partial charge >= 0.3 is 0 Å². The molecule has 5 nitrogen and oxygen atoms in total. The highest BCUT2D eigenvalue weighted by Gasteiger charge is 2.33. The lowest BCUT2D eigenvalue weighted by Gasteiger charge is -2.22. The topological polar surface area (TPSA) is 62.1 Å². The monoisotopic (exact) mass is 309 g/mol. The number of H-pyrrole nitrogens is 1. The van der Waals surface area contributed by atoms with Crippen LogP contribution in [0, 0.1) is 13.8 Å². The summed E-state index contributed by atoms with van der Waals surface area (Å²) in [5, 5.41) is 0. The van der Waals surface area contributed by atoms with E-state index in [0.717, 1.165) is 36.2 Å². The fourth-order valence-corrected chi connectivity index (χ4v) is 3.36. The van der Waals surface area contributed by atoms with E-state index in [1.807, 2.05) is 17.9 Å². The van der Waals surface area contributed by atoms with Crippen molar-refractivity contribution in [2.45, 2.75) is 32.7 Å². The molecule has 1 N–H and O–H groups in total. The van der Waals surface area contributed by atoms with Crippen molar-refractivity contribution in [2.24, 2.45) is 0 Å². The van der Waals surface area contributed by atoms with E-state index in [1.54, 1.807) is 12.3 Å². The molecule has 1 aromatic carbocycles. The first-order valence-corrected chi connectivity index (χ1v) is 7.95. The molecule has 0 saturated carbocycles. The first-order valence-electron chi connectivity index (χ1n) is 7.95. The number of nitrogens with one attached hydrogen (secondary N) is 1. The minimum Gasteiger partial charge on any atom is -0.469 e. The fourth-order valence-electron chi connectivity index (χ4n) is 3.36. The van der Waals surface area contributed by atoms with Gasteiger partial charge in [-0.15, -0.1) is 0 Å². The Morgan fingerprint density at radius 2 is 2.22 bits per heavy atom. The first kappa shape index (κ1) is 14.1. The number of aromatic nitrogens is 2. The summed E-state index contributed by atoms with van der Waals surface area (Å²) in [6, 6.07) is 7.91. The molecule has 1 amide bonds. The predicted octanol–water partition coefficient (Wildman–Crippen LogP) is 3.75. The summed E-state index contributed by atoms with van der Waals surface area (Å²) in [6.07, 6.45) is 3.49. The summed E-state index contributed by atoms with van der Waals surface area (Å²) in [5.41, 5.74) is 3.81. The number of hydrogen-bond acceptors (Lipinski definition) is 3. The number of carbonyl (C=O) groups excluding carboxylic acids is 1. The number of imidazole rings is 1. The Labute approximate surface area is 134 Å². The Bertz CT molecular complexity index is 877. The standard InChI is InChI=1S/C18H19N3O2/c1-11-5-6-14-15(10-11)20-17(19-14)16-4-3-8-21(16)18(22)13-7-9-23-12(13)2/h5-7,9-10,16H,3-4,8H2,1-2H3,(H,19,20)/t16-/m1/s1. The zero-order valence-electron chi connectivity index (χ0n) is 13.3. The normalized spacial score (nSPS) is 18.0. The number of amides is 1. The molecule has 0 unspecified atom stereocenters. The second kappa shape index (κ2) is 5.26. The minimum atomic E-state index is 0.00417. The van der Waals surface area contributed by atoms with Crippen molar-refractivity contribution in [3.63, 3.8) is 0 Å². The van der Waals surface area contributed by atoms with Crippen LogP contribution in [0.5, 0.6) is 0 Å². The number of furan rings is 1. The van der Waals surface area contributed by atoms with Gasteiger partial charge in [0.25, 0.3) is 5.91 Å². The number of nitrogens with zero attached hydrogens (tertiary/aromatic N) is 2. The summed E-state index contributed by atoms with van der Waals surface area (Å²) in [5.74, 6) is 1.56. The van der Waals surface area contributed by atoms with Gasteiger partial charge in [-0.3, -0.25) is 4.79 Å². The van der Waals surface area contributed by atoms with Crippen LogP contribution in [-0.2, 0) is 0 Å². The minimum absolute atomic E-state index is 0.00417. The quantitative estimate of drug-likeness (QED) is 0.784. The molecule has 0 bridgehead atoms. The maximum atomic E-state index is 12.8. The van der Waals surface area contributed by atoms with Crippen LogP contribution in [0.1, 0.15) is 46.4 Å². The SMILES string of the molecule is Cc1ccc2nc([C@H]3CCCN3C(=O)c3ccoc3C)[nH]c2c1. The van der Waals surface area contributed by atoms with Gasteiger partial charge in [0.15, 0.2) is 0 Å². The number of benzene rings is 1. The molecule has 1 atom stereocenters. The third kappa shape index (κ3) is 2.32. The Kier molecular flexibility index (Phi) is 3.22. The molecule has 0 radical (unpaired) electrons. The van der Waals surface area contributed by atoms with Crippen molar-refractivity contribution < 1.29 is 9.21 Å². The van der Waals surface area contributed by atoms with Gasteiger partial charge in [0.05, 0.1) is 28.9 Å². The van der Waals surface area contributed by atoms with Gasteiger partial charge in [-0.25, -0.2) is 4.98 Å². The second-order valence-corrected chi connectivity index (χ2v) is 6.19. The van der Waals surface area contributed by atoms with Crippen LogP contribution in [0.4, 0.5) is 0 Å². The first-order chi connectivity index (χ1) is 11.1. The number of likely N-dealkylation sites (tertiary alicyclic amines) is 1. The largest absolute Gasteiger partial charge is 0.469 e. The van der Waals surface area contributed by atoms with E-state index in [0.29, 0.717) is 11.3 Å². The van der Waals surface area contributed by atoms with Crippen LogP contribution < -0.4 is 0 Å². The van der Waals surface area contributed by atoms with Crippen LogP contribution in [0.3, 0.4) is 0 Å². The highest BCUT2D eigenvalue weighted by atomic mass is 16.3. The van der Waals surface area contributed by atoms with E-state index in [4.69, 9.17) is 9.40 Å². The van der Waals surface area contributed by atoms with Crippen molar-refractivity contribution in [1.82, 2.24) is 14.9 Å². The van der Waals surface area contributed by atoms with Crippen molar-refractivity contribution >= 4 is 16.9 Å². The number of hydrogen-bond donors (Lipinski definition) is 1. The van der Waals surface area contributed by atoms with Crippen molar-refractivity contribution in [3.8, 4) is 0 Å². The molecule has 1 fully saturated rings. The molecule has 1 aliphatic rings. The Morgan fingerprint density at radius 3 is 3.00 bits per heavy atom. The predicted molar refractivity (Wildman–Crippen MR) is 87.3 cm³/mol. The zero-order valence-corrected chi connectivity index (χ0v) is 13.3. The van der Waals surface area contributed by atoms with Crippen molar-refractivity contribution in [2.75, 3.05) is 6.54 Å². The lowest BCUT2D eigenvalue weighted by atomic mass is 10.2. The second-order valence-electron chi connectivity index (χ2n) is 6.19. The third-order valence-electron chi connectivity index (χ3n) is 4.57. The van der Waals surface area contributed by atoms with Gasteiger partial charge in [-0.2, -0.15) is 0 Å². The number of fused-ring (bicyclic) bond motifs is 1. The molecule has 0 aliphatic carbocycles. The van der Waals surface area contributed by atoms with E-state index < -0.39 is 0 Å². The molecule has 23 heavy (non-hydrogen) atoms. The van der Waals surface area contributed by atoms with Gasteiger partial charge in [-0.1, -0.05) is 6.07 Å². The Balaban J connectivity index is 1.69. The van der Waals surface area contributed by atoms with Crippen LogP contribution in [0.25, 0.3) is 11.0 Å². The summed E-state index contributed by atoms with van der Waals surface area (Å²) in [6.45, 7) is 4.64. The molecule has 3 aromatic rings. The lowest BCUT2D eigenvalue weighted by molar-refractivity contribution is 0.0729. The molecule has 1 aliphatic heterocycles. The molecule has 4 rings (SSSR count). The van der Waals surface area contributed by atoms with Gasteiger partial charge in [0, 0.05) is 6.54 Å². The Morgan fingerprint density at radius 1 is 1.35 bits per heavy atom. The van der Waals surface area contributed by atoms with E-state index in [2.05, 4.69) is 24.0 Å². The van der Waals surface area contributed by atoms with Crippen molar-refractivity contribution in [3.05, 3.63) is 53.2 Å². The van der Waals surface area contributed by atoms with E-state index in [-0.39, 0.29) is 11.9 Å². The van der Waals surface area contributed by atoms with Crippen LogP contribution in [0.15, 0.2) is 34.9 Å². The maximum Gasteiger partial charge on any atom is 0.258 e. The zero-order chi connectivity index (χ0) is 16.0. The van der Waals surface area contributed by atoms with E-state index >= 15 is 0 Å². The van der Waals surface area contributed by atoms with Crippen LogP contribution in [0.2, 0.25) is 0 Å². The molecule has 118 valence electrons. The highest BCUT2D eigenvalue weighted by Crippen LogP contribution is 2.33. The van der Waals surface area contributed by atoms with Crippen LogP contribution >= 0.6 is 0 Å². The van der Waals surface area contributed by atoms with Gasteiger partial charge < -0.3 is 14.3 Å². The summed E-state index contributed by atoms with van der Waals surface area (Å²) >= 11 is 0. The number of carbonyl (C=O) groups is 1. The third-order valence-corrected chi connectivity index (χ3v) is 4.57. The summed E-state index contributed by atoms with van der Waals surface area (Å²) in [7, 11) is 0. The molecule has 3 heterocycles. The number of rotatable bonds is 2. The van der Waals surface area contributed by atoms with Crippen LogP contribution in [-0.4, -0.2) is 27.3 Å². The molecular formula is C18H19N3O2. The molecule has 0 spiro atoms. The molecule has 5 heteroatoms. The van der Waals surface area contributed by atoms with Gasteiger partial charge in [-0.05, 0) is 50.5 Å². The average Bonchev–Trinajstić information content (AvgIpc) is 3.23. The van der Waals surface area contributed by atoms with Crippen molar-refractivity contribution in [1.29, 1.82) is 0 Å². The number of aryl methyl sites for hydroxylation is 2. The number of aromatic amines is 1. The molecule has 1 saturated heterocycles. The molecular weight excluding hydrogens is 290 g/mol. The lowest BCUT2D eigenvalue weighted by Crippen LogP contribution is -2.31. The van der Waals surface area contributed by atoms with E-state index in [9.17, 15) is 4.79 Å². The van der Waals surface area contributed by atoms with Gasteiger partial charge in [0.1, 0.15) is 11.6 Å². The molecule has 2 aromatic heterocycles. The smallest absolute Gasteiger partial charge is 0.258 e. The van der Waals surface area contributed by atoms with E-state index in [1.165, 1.54) is 5.56 Å². The Hall–Kier alpha value is -2.56.